The molecule has 1 amide bonds. The first-order chi connectivity index (χ1) is 9.23. The third kappa shape index (κ3) is 2.22. The van der Waals surface area contributed by atoms with Crippen LogP contribution in [0.5, 0.6) is 0 Å². The Kier molecular flexibility index (Phi) is 2.79. The molecule has 2 heterocycles. The van der Waals surface area contributed by atoms with Crippen LogP contribution in [0.3, 0.4) is 0 Å². The summed E-state index contributed by atoms with van der Waals surface area (Å²) in [5.41, 5.74) is 5.97. The molecule has 0 spiro atoms. The first kappa shape index (κ1) is 11.9. The average Bonchev–Trinajstić information content (AvgIpc) is 3.06. The van der Waals surface area contributed by atoms with Crippen molar-refractivity contribution in [2.75, 3.05) is 11.9 Å². The van der Waals surface area contributed by atoms with Crippen LogP contribution in [0, 0.1) is 5.41 Å². The third-order valence-electron chi connectivity index (χ3n) is 3.50. The van der Waals surface area contributed by atoms with Crippen LogP contribution in [0.2, 0.25) is 0 Å². The SMILES string of the molecule is NCC1(C(=O)Nc2ccc(-n3ccnc3)nc2)CC1. The smallest absolute Gasteiger partial charge is 0.231 e. The van der Waals surface area contributed by atoms with Crippen molar-refractivity contribution < 1.29 is 4.79 Å². The molecule has 2 aromatic rings. The molecule has 2 aromatic heterocycles. The Morgan fingerprint density at radius 3 is 2.84 bits per heavy atom. The zero-order chi connectivity index (χ0) is 13.3. The predicted molar refractivity (Wildman–Crippen MR) is 70.7 cm³/mol. The lowest BCUT2D eigenvalue weighted by atomic mass is 10.1. The standard InChI is InChI=1S/C13H15N5O/c14-8-13(3-4-13)12(19)17-10-1-2-11(16-7-10)18-6-5-15-9-18/h1-2,5-7,9H,3-4,8,14H2,(H,17,19). The van der Waals surface area contributed by atoms with E-state index in [1.807, 2.05) is 18.3 Å². The zero-order valence-corrected chi connectivity index (χ0v) is 10.4. The molecule has 0 aromatic carbocycles. The summed E-state index contributed by atoms with van der Waals surface area (Å²) in [6, 6.07) is 3.66. The molecule has 1 aliphatic rings. The van der Waals surface area contributed by atoms with Crippen molar-refractivity contribution in [3.8, 4) is 5.82 Å². The van der Waals surface area contributed by atoms with E-state index in [2.05, 4.69) is 15.3 Å². The highest BCUT2D eigenvalue weighted by Crippen LogP contribution is 2.45. The Morgan fingerprint density at radius 1 is 1.47 bits per heavy atom. The number of carbonyl (C=O) groups excluding carboxylic acids is 1. The van der Waals surface area contributed by atoms with Gasteiger partial charge < -0.3 is 11.1 Å². The maximum Gasteiger partial charge on any atom is 0.231 e. The van der Waals surface area contributed by atoms with Crippen LogP contribution in [0.25, 0.3) is 5.82 Å². The Balaban J connectivity index is 1.71. The van der Waals surface area contributed by atoms with Crippen molar-refractivity contribution in [1.82, 2.24) is 14.5 Å². The van der Waals surface area contributed by atoms with Crippen molar-refractivity contribution in [1.29, 1.82) is 0 Å². The normalized spacial score (nSPS) is 16.1. The van der Waals surface area contributed by atoms with Crippen LogP contribution in [-0.2, 0) is 4.79 Å². The van der Waals surface area contributed by atoms with E-state index in [1.54, 1.807) is 23.3 Å². The molecular weight excluding hydrogens is 242 g/mol. The Morgan fingerprint density at radius 2 is 2.32 bits per heavy atom. The van der Waals surface area contributed by atoms with Crippen molar-refractivity contribution in [3.63, 3.8) is 0 Å². The lowest BCUT2D eigenvalue weighted by Crippen LogP contribution is -2.30. The number of carbonyl (C=O) groups is 1. The van der Waals surface area contributed by atoms with Crippen LogP contribution in [-0.4, -0.2) is 27.0 Å². The summed E-state index contributed by atoms with van der Waals surface area (Å²) < 4.78 is 1.80. The van der Waals surface area contributed by atoms with Crippen molar-refractivity contribution in [2.45, 2.75) is 12.8 Å². The highest BCUT2D eigenvalue weighted by atomic mass is 16.2. The summed E-state index contributed by atoms with van der Waals surface area (Å²) in [6.07, 6.45) is 8.56. The van der Waals surface area contributed by atoms with Gasteiger partial charge in [-0.05, 0) is 25.0 Å². The van der Waals surface area contributed by atoms with Crippen molar-refractivity contribution in [3.05, 3.63) is 37.1 Å². The van der Waals surface area contributed by atoms with Crippen LogP contribution >= 0.6 is 0 Å². The van der Waals surface area contributed by atoms with Gasteiger partial charge in [-0.15, -0.1) is 0 Å². The second-order valence-electron chi connectivity index (χ2n) is 4.81. The van der Waals surface area contributed by atoms with Crippen molar-refractivity contribution in [2.24, 2.45) is 11.1 Å². The Labute approximate surface area is 110 Å². The largest absolute Gasteiger partial charge is 0.329 e. The van der Waals surface area contributed by atoms with Gasteiger partial charge in [0.15, 0.2) is 0 Å². The molecule has 0 radical (unpaired) electrons. The number of hydrogen-bond donors (Lipinski definition) is 2. The third-order valence-corrected chi connectivity index (χ3v) is 3.50. The van der Waals surface area contributed by atoms with Gasteiger partial charge in [-0.3, -0.25) is 9.36 Å². The number of nitrogens with two attached hydrogens (primary N) is 1. The number of nitrogens with one attached hydrogen (secondary N) is 1. The number of nitrogens with zero attached hydrogens (tertiary/aromatic N) is 3. The highest BCUT2D eigenvalue weighted by Gasteiger charge is 2.48. The summed E-state index contributed by atoms with van der Waals surface area (Å²) in [4.78, 5) is 20.2. The van der Waals surface area contributed by atoms with Crippen LogP contribution in [0.15, 0.2) is 37.1 Å². The molecule has 98 valence electrons. The summed E-state index contributed by atoms with van der Waals surface area (Å²) >= 11 is 0. The van der Waals surface area contributed by atoms with Crippen LogP contribution < -0.4 is 11.1 Å². The molecule has 0 saturated heterocycles. The molecule has 0 bridgehead atoms. The van der Waals surface area contributed by atoms with Gasteiger partial charge in [0.1, 0.15) is 12.1 Å². The molecule has 1 aliphatic carbocycles. The quantitative estimate of drug-likeness (QED) is 0.853. The minimum atomic E-state index is -0.344. The van der Waals surface area contributed by atoms with Gasteiger partial charge >= 0.3 is 0 Å². The number of pyridine rings is 1. The first-order valence-corrected chi connectivity index (χ1v) is 6.19. The number of imidazole rings is 1. The number of rotatable bonds is 4. The van der Waals surface area contributed by atoms with Gasteiger partial charge in [0.05, 0.1) is 17.3 Å². The molecule has 1 saturated carbocycles. The number of amides is 1. The van der Waals surface area contributed by atoms with E-state index >= 15 is 0 Å². The fourth-order valence-electron chi connectivity index (χ4n) is 1.95. The predicted octanol–water partition coefficient (Wildman–Crippen LogP) is 0.945. The molecule has 19 heavy (non-hydrogen) atoms. The molecule has 0 atom stereocenters. The Hall–Kier alpha value is -2.21. The molecule has 0 aliphatic heterocycles. The van der Waals surface area contributed by atoms with E-state index in [-0.39, 0.29) is 11.3 Å². The number of anilines is 1. The van der Waals surface area contributed by atoms with E-state index < -0.39 is 0 Å². The van der Waals surface area contributed by atoms with Gasteiger partial charge in [0, 0.05) is 18.9 Å². The second kappa shape index (κ2) is 4.47. The molecule has 6 heteroatoms. The minimum Gasteiger partial charge on any atom is -0.329 e. The van der Waals surface area contributed by atoms with E-state index in [0.717, 1.165) is 18.7 Å². The average molecular weight is 257 g/mol. The lowest BCUT2D eigenvalue weighted by Gasteiger charge is -2.12. The first-order valence-electron chi connectivity index (χ1n) is 6.19. The minimum absolute atomic E-state index is 0.00724. The van der Waals surface area contributed by atoms with Gasteiger partial charge in [0.25, 0.3) is 0 Å². The van der Waals surface area contributed by atoms with Crippen molar-refractivity contribution >= 4 is 11.6 Å². The maximum absolute atomic E-state index is 12.0. The molecule has 0 unspecified atom stereocenters. The van der Waals surface area contributed by atoms with Gasteiger partial charge in [-0.25, -0.2) is 9.97 Å². The number of aromatic nitrogens is 3. The molecule has 3 N–H and O–H groups in total. The van der Waals surface area contributed by atoms with E-state index in [1.165, 1.54) is 0 Å². The molecular formula is C13H15N5O. The maximum atomic E-state index is 12.0. The van der Waals surface area contributed by atoms with Crippen LogP contribution in [0.1, 0.15) is 12.8 Å². The summed E-state index contributed by atoms with van der Waals surface area (Å²) in [7, 11) is 0. The van der Waals surface area contributed by atoms with E-state index in [0.29, 0.717) is 12.2 Å². The van der Waals surface area contributed by atoms with Gasteiger partial charge in [-0.1, -0.05) is 0 Å². The number of hydrogen-bond acceptors (Lipinski definition) is 4. The fraction of sp³-hybridized carbons (Fsp3) is 0.308. The molecule has 6 nitrogen and oxygen atoms in total. The van der Waals surface area contributed by atoms with Gasteiger partial charge in [0.2, 0.25) is 5.91 Å². The second-order valence-corrected chi connectivity index (χ2v) is 4.81. The Bertz CT molecular complexity index is 572. The van der Waals surface area contributed by atoms with Gasteiger partial charge in [-0.2, -0.15) is 0 Å². The topological polar surface area (TPSA) is 85.8 Å². The summed E-state index contributed by atoms with van der Waals surface area (Å²) in [5.74, 6) is 0.752. The van der Waals surface area contributed by atoms with E-state index in [9.17, 15) is 4.79 Å². The summed E-state index contributed by atoms with van der Waals surface area (Å²) in [6.45, 7) is 0.402. The lowest BCUT2D eigenvalue weighted by molar-refractivity contribution is -0.120. The summed E-state index contributed by atoms with van der Waals surface area (Å²) in [5, 5.41) is 2.86. The monoisotopic (exact) mass is 257 g/mol. The van der Waals surface area contributed by atoms with Crippen LogP contribution in [0.4, 0.5) is 5.69 Å². The highest BCUT2D eigenvalue weighted by molar-refractivity contribution is 5.97. The zero-order valence-electron chi connectivity index (χ0n) is 10.4. The molecule has 3 rings (SSSR count). The molecule has 1 fully saturated rings. The van der Waals surface area contributed by atoms with E-state index in [4.69, 9.17) is 5.73 Å². The fourth-order valence-corrected chi connectivity index (χ4v) is 1.95.